The number of carbonyl (C=O) groups excluding carboxylic acids is 2. The molecule has 1 unspecified atom stereocenters. The van der Waals surface area contributed by atoms with Crippen molar-refractivity contribution >= 4 is 23.2 Å². The minimum Gasteiger partial charge on any atom is -0.497 e. The first-order valence-corrected chi connectivity index (χ1v) is 9.69. The largest absolute Gasteiger partial charge is 0.497 e. The van der Waals surface area contributed by atoms with Crippen molar-refractivity contribution in [3.63, 3.8) is 0 Å². The average molecular weight is 403 g/mol. The number of rotatable bonds is 8. The smallest absolute Gasteiger partial charge is 0.251 e. The lowest BCUT2D eigenvalue weighted by Gasteiger charge is -2.15. The summed E-state index contributed by atoms with van der Waals surface area (Å²) in [4.78, 5) is 24.8. The van der Waals surface area contributed by atoms with Gasteiger partial charge >= 0.3 is 0 Å². The number of benzene rings is 3. The summed E-state index contributed by atoms with van der Waals surface area (Å²) in [6.45, 7) is 2.02. The Morgan fingerprint density at radius 1 is 0.900 bits per heavy atom. The van der Waals surface area contributed by atoms with E-state index in [9.17, 15) is 9.59 Å². The minimum absolute atomic E-state index is 0.0809. The second-order valence-corrected chi connectivity index (χ2v) is 6.82. The zero-order valence-electron chi connectivity index (χ0n) is 17.0. The monoisotopic (exact) mass is 403 g/mol. The van der Waals surface area contributed by atoms with Crippen LogP contribution in [0.5, 0.6) is 5.75 Å². The van der Waals surface area contributed by atoms with Crippen LogP contribution in [0, 0.1) is 0 Å². The highest BCUT2D eigenvalue weighted by atomic mass is 16.5. The maximum Gasteiger partial charge on any atom is 0.251 e. The summed E-state index contributed by atoms with van der Waals surface area (Å²) < 4.78 is 5.10. The van der Waals surface area contributed by atoms with Crippen LogP contribution in [-0.2, 0) is 4.79 Å². The summed E-state index contributed by atoms with van der Waals surface area (Å²) in [5.74, 6) is 0.369. The Hall–Kier alpha value is -3.80. The molecule has 3 N–H and O–H groups in total. The molecular formula is C24H25N3O3. The Morgan fingerprint density at radius 3 is 2.33 bits per heavy atom. The predicted octanol–water partition coefficient (Wildman–Crippen LogP) is 4.24. The third kappa shape index (κ3) is 5.85. The van der Waals surface area contributed by atoms with Gasteiger partial charge in [0.1, 0.15) is 5.75 Å². The normalized spacial score (nSPS) is 11.3. The summed E-state index contributed by atoms with van der Waals surface area (Å²) >= 11 is 0. The van der Waals surface area contributed by atoms with E-state index in [1.807, 2.05) is 43.3 Å². The van der Waals surface area contributed by atoms with E-state index >= 15 is 0 Å². The Kier molecular flexibility index (Phi) is 7.05. The van der Waals surface area contributed by atoms with E-state index in [4.69, 9.17) is 4.74 Å². The van der Waals surface area contributed by atoms with Gasteiger partial charge in [-0.15, -0.1) is 0 Å². The topological polar surface area (TPSA) is 79.5 Å². The fraction of sp³-hybridized carbons (Fsp3) is 0.167. The molecule has 0 aliphatic heterocycles. The van der Waals surface area contributed by atoms with Gasteiger partial charge in [0.25, 0.3) is 5.91 Å². The summed E-state index contributed by atoms with van der Waals surface area (Å²) in [6.07, 6.45) is 0. The zero-order valence-corrected chi connectivity index (χ0v) is 17.0. The van der Waals surface area contributed by atoms with Crippen molar-refractivity contribution in [2.24, 2.45) is 0 Å². The van der Waals surface area contributed by atoms with Gasteiger partial charge in [0, 0.05) is 16.9 Å². The molecule has 0 saturated heterocycles. The number of carbonyl (C=O) groups is 2. The van der Waals surface area contributed by atoms with Crippen molar-refractivity contribution in [3.8, 4) is 5.75 Å². The van der Waals surface area contributed by atoms with E-state index in [0.717, 1.165) is 11.3 Å². The molecule has 0 aliphatic rings. The number of hydrogen-bond acceptors (Lipinski definition) is 4. The van der Waals surface area contributed by atoms with E-state index < -0.39 is 0 Å². The van der Waals surface area contributed by atoms with E-state index in [1.165, 1.54) is 0 Å². The molecule has 0 bridgehead atoms. The molecule has 0 spiro atoms. The number of methoxy groups -OCH3 is 1. The molecule has 1 atom stereocenters. The molecule has 6 nitrogen and oxygen atoms in total. The first-order valence-electron chi connectivity index (χ1n) is 9.69. The van der Waals surface area contributed by atoms with Crippen LogP contribution in [0.3, 0.4) is 0 Å². The molecular weight excluding hydrogens is 378 g/mol. The number of anilines is 2. The fourth-order valence-electron chi connectivity index (χ4n) is 2.94. The van der Waals surface area contributed by atoms with Crippen molar-refractivity contribution < 1.29 is 14.3 Å². The molecule has 0 aliphatic carbocycles. The van der Waals surface area contributed by atoms with Crippen LogP contribution in [0.25, 0.3) is 0 Å². The van der Waals surface area contributed by atoms with Crippen LogP contribution in [0.2, 0.25) is 0 Å². The highest BCUT2D eigenvalue weighted by molar-refractivity contribution is 5.96. The second kappa shape index (κ2) is 10.1. The summed E-state index contributed by atoms with van der Waals surface area (Å²) in [6, 6.07) is 23.9. The molecule has 6 heteroatoms. The maximum atomic E-state index is 12.6. The highest BCUT2D eigenvalue weighted by Crippen LogP contribution is 2.16. The Balaban J connectivity index is 1.54. The van der Waals surface area contributed by atoms with Crippen LogP contribution in [0.15, 0.2) is 78.9 Å². The van der Waals surface area contributed by atoms with E-state index in [-0.39, 0.29) is 24.4 Å². The standard InChI is InChI=1S/C24H25N3O3/c1-17(18-7-4-3-5-8-18)26-24(29)19-9-6-10-21(15-19)25-16-23(28)27-20-11-13-22(30-2)14-12-20/h3-15,17,25H,16H2,1-2H3,(H,26,29)(H,27,28). The van der Waals surface area contributed by atoms with Crippen molar-refractivity contribution in [1.29, 1.82) is 0 Å². The Bertz CT molecular complexity index is 988. The van der Waals surface area contributed by atoms with Crippen molar-refractivity contribution in [1.82, 2.24) is 5.32 Å². The minimum atomic E-state index is -0.187. The maximum absolute atomic E-state index is 12.6. The Labute approximate surface area is 176 Å². The first kappa shape index (κ1) is 20.9. The summed E-state index contributed by atoms with van der Waals surface area (Å²) in [5.41, 5.74) is 2.94. The molecule has 0 aromatic heterocycles. The van der Waals surface area contributed by atoms with E-state index in [0.29, 0.717) is 16.9 Å². The van der Waals surface area contributed by atoms with Gasteiger partial charge < -0.3 is 20.7 Å². The lowest BCUT2D eigenvalue weighted by atomic mass is 10.1. The lowest BCUT2D eigenvalue weighted by molar-refractivity contribution is -0.114. The van der Waals surface area contributed by atoms with Crippen LogP contribution in [0.1, 0.15) is 28.9 Å². The zero-order chi connectivity index (χ0) is 21.3. The van der Waals surface area contributed by atoms with Gasteiger partial charge in [-0.05, 0) is 55.0 Å². The SMILES string of the molecule is COc1ccc(NC(=O)CNc2cccc(C(=O)NC(C)c3ccccc3)c2)cc1. The first-order chi connectivity index (χ1) is 14.5. The lowest BCUT2D eigenvalue weighted by Crippen LogP contribution is -2.26. The quantitative estimate of drug-likeness (QED) is 0.526. The highest BCUT2D eigenvalue weighted by Gasteiger charge is 2.12. The van der Waals surface area contributed by atoms with Crippen molar-refractivity contribution in [2.75, 3.05) is 24.3 Å². The molecule has 0 saturated carbocycles. The number of nitrogens with one attached hydrogen (secondary N) is 3. The van der Waals surface area contributed by atoms with Gasteiger partial charge in [-0.1, -0.05) is 36.4 Å². The summed E-state index contributed by atoms with van der Waals surface area (Å²) in [5, 5.41) is 8.85. The van der Waals surface area contributed by atoms with Crippen LogP contribution in [0.4, 0.5) is 11.4 Å². The van der Waals surface area contributed by atoms with Gasteiger partial charge in [0.2, 0.25) is 5.91 Å². The van der Waals surface area contributed by atoms with E-state index in [1.54, 1.807) is 49.6 Å². The molecule has 0 fully saturated rings. The van der Waals surface area contributed by atoms with Gasteiger partial charge in [0.05, 0.1) is 19.7 Å². The molecule has 154 valence electrons. The van der Waals surface area contributed by atoms with Gasteiger partial charge in [0.15, 0.2) is 0 Å². The van der Waals surface area contributed by atoms with Crippen molar-refractivity contribution in [2.45, 2.75) is 13.0 Å². The molecule has 2 amide bonds. The van der Waals surface area contributed by atoms with Crippen molar-refractivity contribution in [3.05, 3.63) is 90.0 Å². The predicted molar refractivity (Wildman–Crippen MR) is 119 cm³/mol. The number of ether oxygens (including phenoxy) is 1. The second-order valence-electron chi connectivity index (χ2n) is 6.82. The van der Waals surface area contributed by atoms with Crippen LogP contribution < -0.4 is 20.7 Å². The van der Waals surface area contributed by atoms with E-state index in [2.05, 4.69) is 16.0 Å². The summed E-state index contributed by atoms with van der Waals surface area (Å²) in [7, 11) is 1.59. The number of hydrogen-bond donors (Lipinski definition) is 3. The average Bonchev–Trinajstić information content (AvgIpc) is 2.79. The molecule has 30 heavy (non-hydrogen) atoms. The third-order valence-electron chi connectivity index (χ3n) is 4.60. The van der Waals surface area contributed by atoms with Gasteiger partial charge in [-0.3, -0.25) is 9.59 Å². The molecule has 3 rings (SSSR count). The van der Waals surface area contributed by atoms with Gasteiger partial charge in [-0.25, -0.2) is 0 Å². The fourth-order valence-corrected chi connectivity index (χ4v) is 2.94. The molecule has 3 aromatic rings. The number of amides is 2. The van der Waals surface area contributed by atoms with Crippen LogP contribution >= 0.6 is 0 Å². The molecule has 0 radical (unpaired) electrons. The molecule has 0 heterocycles. The van der Waals surface area contributed by atoms with Crippen LogP contribution in [-0.4, -0.2) is 25.5 Å². The van der Waals surface area contributed by atoms with Gasteiger partial charge in [-0.2, -0.15) is 0 Å². The Morgan fingerprint density at radius 2 is 1.63 bits per heavy atom. The third-order valence-corrected chi connectivity index (χ3v) is 4.60. The molecule has 3 aromatic carbocycles.